The van der Waals surface area contributed by atoms with Crippen LogP contribution >= 0.6 is 0 Å². The molecule has 0 radical (unpaired) electrons. The van der Waals surface area contributed by atoms with Crippen LogP contribution in [0.4, 0.5) is 11.4 Å². The lowest BCUT2D eigenvalue weighted by atomic mass is 10.1. The van der Waals surface area contributed by atoms with Gasteiger partial charge in [-0.1, -0.05) is 6.07 Å². The Labute approximate surface area is 149 Å². The van der Waals surface area contributed by atoms with Crippen molar-refractivity contribution in [2.24, 2.45) is 7.05 Å². The van der Waals surface area contributed by atoms with Gasteiger partial charge in [0, 0.05) is 24.9 Å². The van der Waals surface area contributed by atoms with Crippen molar-refractivity contribution in [1.82, 2.24) is 14.8 Å². The number of rotatable bonds is 3. The van der Waals surface area contributed by atoms with Gasteiger partial charge in [0.1, 0.15) is 18.9 Å². The number of nitrogen functional groups attached to an aromatic ring is 1. The molecule has 0 aliphatic carbocycles. The highest BCUT2D eigenvalue weighted by Gasteiger charge is 2.17. The number of ether oxygens (including phenoxy) is 2. The van der Waals surface area contributed by atoms with Crippen molar-refractivity contribution in [3.05, 3.63) is 48.5 Å². The van der Waals surface area contributed by atoms with Crippen LogP contribution in [-0.4, -0.2) is 33.9 Å². The molecule has 3 aromatic rings. The number of nitrogens with zero attached hydrogens (tertiary/aromatic N) is 3. The topological polar surface area (TPSA) is 104 Å². The predicted octanol–water partition coefficient (Wildman–Crippen LogP) is 2.09. The molecule has 0 fully saturated rings. The van der Waals surface area contributed by atoms with Gasteiger partial charge < -0.3 is 20.5 Å². The number of aromatic nitrogens is 3. The Morgan fingerprint density at radius 3 is 2.73 bits per heavy atom. The summed E-state index contributed by atoms with van der Waals surface area (Å²) in [7, 11) is 1.84. The molecule has 3 N–H and O–H groups in total. The summed E-state index contributed by atoms with van der Waals surface area (Å²) in [5.74, 6) is 0.663. The number of carbonyl (C=O) groups is 1. The number of pyridine rings is 1. The highest BCUT2D eigenvalue weighted by atomic mass is 16.6. The Morgan fingerprint density at radius 1 is 1.15 bits per heavy atom. The standard InChI is InChI=1S/C18H17N5O3/c1-23-10-12(8-21-23)11-2-3-13(19)14(6-11)22-18(24)15-7-16-17(9-20-15)26-5-4-25-16/h2-3,6-10H,4-5,19H2,1H3,(H,22,24). The van der Waals surface area contributed by atoms with Crippen LogP contribution in [0, 0.1) is 0 Å². The average Bonchev–Trinajstić information content (AvgIpc) is 3.09. The van der Waals surface area contributed by atoms with Gasteiger partial charge in [-0.2, -0.15) is 5.10 Å². The van der Waals surface area contributed by atoms with Crippen molar-refractivity contribution >= 4 is 17.3 Å². The van der Waals surface area contributed by atoms with Gasteiger partial charge >= 0.3 is 0 Å². The smallest absolute Gasteiger partial charge is 0.274 e. The molecule has 26 heavy (non-hydrogen) atoms. The molecule has 1 amide bonds. The molecule has 0 bridgehead atoms. The number of hydrogen-bond donors (Lipinski definition) is 2. The lowest BCUT2D eigenvalue weighted by Crippen LogP contribution is -2.18. The minimum atomic E-state index is -0.378. The third-order valence-electron chi connectivity index (χ3n) is 4.00. The normalized spacial score (nSPS) is 12.7. The number of nitrogens with two attached hydrogens (primary N) is 1. The number of benzene rings is 1. The average molecular weight is 351 g/mol. The first-order valence-corrected chi connectivity index (χ1v) is 8.06. The molecule has 0 saturated heterocycles. The van der Waals surface area contributed by atoms with E-state index in [1.165, 1.54) is 6.20 Å². The first kappa shape index (κ1) is 15.9. The highest BCUT2D eigenvalue weighted by Crippen LogP contribution is 2.30. The minimum Gasteiger partial charge on any atom is -0.486 e. The summed E-state index contributed by atoms with van der Waals surface area (Å²) in [5.41, 5.74) is 9.03. The second kappa shape index (κ2) is 6.40. The lowest BCUT2D eigenvalue weighted by molar-refractivity contribution is 0.102. The van der Waals surface area contributed by atoms with E-state index in [2.05, 4.69) is 15.4 Å². The van der Waals surface area contributed by atoms with E-state index in [9.17, 15) is 4.79 Å². The number of fused-ring (bicyclic) bond motifs is 1. The van der Waals surface area contributed by atoms with Crippen LogP contribution in [0.5, 0.6) is 11.5 Å². The number of aryl methyl sites for hydroxylation is 1. The maximum Gasteiger partial charge on any atom is 0.274 e. The molecular formula is C18H17N5O3. The third-order valence-corrected chi connectivity index (χ3v) is 4.00. The largest absolute Gasteiger partial charge is 0.486 e. The molecule has 2 aromatic heterocycles. The minimum absolute atomic E-state index is 0.223. The predicted molar refractivity (Wildman–Crippen MR) is 96.2 cm³/mol. The van der Waals surface area contributed by atoms with Gasteiger partial charge in [-0.05, 0) is 17.7 Å². The highest BCUT2D eigenvalue weighted by molar-refractivity contribution is 6.05. The molecule has 0 atom stereocenters. The Hall–Kier alpha value is -3.55. The molecule has 1 aliphatic rings. The first-order valence-electron chi connectivity index (χ1n) is 8.06. The SMILES string of the molecule is Cn1cc(-c2ccc(N)c(NC(=O)c3cc4c(cn3)OCCO4)c2)cn1. The zero-order valence-corrected chi connectivity index (χ0v) is 14.1. The zero-order valence-electron chi connectivity index (χ0n) is 14.1. The third kappa shape index (κ3) is 3.04. The molecule has 1 aromatic carbocycles. The molecule has 0 spiro atoms. The zero-order chi connectivity index (χ0) is 18.1. The molecule has 8 nitrogen and oxygen atoms in total. The number of nitrogens with one attached hydrogen (secondary N) is 1. The summed E-state index contributed by atoms with van der Waals surface area (Å²) in [4.78, 5) is 16.7. The van der Waals surface area contributed by atoms with Crippen LogP contribution in [-0.2, 0) is 7.05 Å². The fourth-order valence-electron chi connectivity index (χ4n) is 2.67. The van der Waals surface area contributed by atoms with Crippen LogP contribution in [0.15, 0.2) is 42.9 Å². The Bertz CT molecular complexity index is 983. The molecule has 4 rings (SSSR count). The maximum absolute atomic E-state index is 12.6. The summed E-state index contributed by atoms with van der Waals surface area (Å²) in [6.45, 7) is 0.913. The Morgan fingerprint density at radius 2 is 1.96 bits per heavy atom. The van der Waals surface area contributed by atoms with E-state index in [-0.39, 0.29) is 11.6 Å². The second-order valence-corrected chi connectivity index (χ2v) is 5.87. The molecule has 0 saturated carbocycles. The summed E-state index contributed by atoms with van der Waals surface area (Å²) < 4.78 is 12.6. The van der Waals surface area contributed by atoms with Crippen molar-refractivity contribution in [3.8, 4) is 22.6 Å². The first-order chi connectivity index (χ1) is 12.6. The second-order valence-electron chi connectivity index (χ2n) is 5.87. The van der Waals surface area contributed by atoms with E-state index in [1.54, 1.807) is 23.0 Å². The van der Waals surface area contributed by atoms with Crippen molar-refractivity contribution < 1.29 is 14.3 Å². The van der Waals surface area contributed by atoms with E-state index in [4.69, 9.17) is 15.2 Å². The Kier molecular flexibility index (Phi) is 3.92. The molecule has 1 aliphatic heterocycles. The van der Waals surface area contributed by atoms with Crippen LogP contribution < -0.4 is 20.5 Å². The molecule has 132 valence electrons. The van der Waals surface area contributed by atoms with Crippen LogP contribution in [0.25, 0.3) is 11.1 Å². The fourth-order valence-corrected chi connectivity index (χ4v) is 2.67. The van der Waals surface area contributed by atoms with Crippen molar-refractivity contribution in [2.45, 2.75) is 0 Å². The van der Waals surface area contributed by atoms with Crippen molar-refractivity contribution in [1.29, 1.82) is 0 Å². The van der Waals surface area contributed by atoms with E-state index in [0.717, 1.165) is 11.1 Å². The van der Waals surface area contributed by atoms with Gasteiger partial charge in [-0.15, -0.1) is 0 Å². The Balaban J connectivity index is 1.59. The molecule has 8 heteroatoms. The van der Waals surface area contributed by atoms with Crippen LogP contribution in [0.3, 0.4) is 0 Å². The van der Waals surface area contributed by atoms with E-state index in [1.807, 2.05) is 25.4 Å². The monoisotopic (exact) mass is 351 g/mol. The maximum atomic E-state index is 12.6. The lowest BCUT2D eigenvalue weighted by Gasteiger charge is -2.18. The summed E-state index contributed by atoms with van der Waals surface area (Å²) in [6, 6.07) is 6.99. The molecule has 3 heterocycles. The van der Waals surface area contributed by atoms with Crippen molar-refractivity contribution in [3.63, 3.8) is 0 Å². The number of carbonyl (C=O) groups excluding carboxylic acids is 1. The number of amides is 1. The summed E-state index contributed by atoms with van der Waals surface area (Å²) in [6.07, 6.45) is 5.12. The molecule has 0 unspecified atom stereocenters. The quantitative estimate of drug-likeness (QED) is 0.700. The van der Waals surface area contributed by atoms with Crippen molar-refractivity contribution in [2.75, 3.05) is 24.3 Å². The van der Waals surface area contributed by atoms with Gasteiger partial charge in [-0.25, -0.2) is 4.98 Å². The number of hydrogen-bond acceptors (Lipinski definition) is 6. The van der Waals surface area contributed by atoms with Crippen LogP contribution in [0.1, 0.15) is 10.5 Å². The number of anilines is 2. The summed E-state index contributed by atoms with van der Waals surface area (Å²) in [5, 5.41) is 6.96. The van der Waals surface area contributed by atoms with Gasteiger partial charge in [0.15, 0.2) is 11.5 Å². The van der Waals surface area contributed by atoms with E-state index in [0.29, 0.717) is 36.1 Å². The van der Waals surface area contributed by atoms with Gasteiger partial charge in [-0.3, -0.25) is 9.48 Å². The molecular weight excluding hydrogens is 334 g/mol. The fraction of sp³-hybridized carbons (Fsp3) is 0.167. The van der Waals surface area contributed by atoms with E-state index < -0.39 is 0 Å². The van der Waals surface area contributed by atoms with Gasteiger partial charge in [0.2, 0.25) is 0 Å². The van der Waals surface area contributed by atoms with Crippen LogP contribution in [0.2, 0.25) is 0 Å². The van der Waals surface area contributed by atoms with E-state index >= 15 is 0 Å². The van der Waals surface area contributed by atoms with Gasteiger partial charge in [0.05, 0.1) is 23.8 Å². The van der Waals surface area contributed by atoms with Gasteiger partial charge in [0.25, 0.3) is 5.91 Å². The summed E-state index contributed by atoms with van der Waals surface area (Å²) >= 11 is 0.